The smallest absolute Gasteiger partial charge is 0.266 e. The molecule has 6 nitrogen and oxygen atoms in total. The molecule has 0 saturated heterocycles. The fraction of sp³-hybridized carbons (Fsp3) is 0.120. The number of Topliss-reactive ketones (excluding diaryl/α,β-unsaturated/α-hetero) is 1. The van der Waals surface area contributed by atoms with Gasteiger partial charge in [0.05, 0.1) is 22.5 Å². The lowest BCUT2D eigenvalue weighted by atomic mass is 9.84. The Morgan fingerprint density at radius 3 is 2.06 bits per heavy atom. The highest BCUT2D eigenvalue weighted by molar-refractivity contribution is 7.89. The predicted octanol–water partition coefficient (Wildman–Crippen LogP) is 3.73. The Kier molecular flexibility index (Phi) is 5.56. The van der Waals surface area contributed by atoms with E-state index in [4.69, 9.17) is 5.73 Å². The van der Waals surface area contributed by atoms with E-state index in [1.165, 1.54) is 12.1 Å². The van der Waals surface area contributed by atoms with Crippen molar-refractivity contribution >= 4 is 15.8 Å². The third-order valence-corrected chi connectivity index (χ3v) is 7.39. The minimum Gasteiger partial charge on any atom is -0.384 e. The minimum absolute atomic E-state index is 0.00402. The number of nitrogens with two attached hydrogens (primary N) is 1. The van der Waals surface area contributed by atoms with Crippen LogP contribution in [0.3, 0.4) is 0 Å². The Balaban J connectivity index is 1.95. The molecule has 7 heteroatoms. The van der Waals surface area contributed by atoms with E-state index in [0.29, 0.717) is 11.1 Å². The molecule has 3 aromatic carbocycles. The molecule has 2 N–H and O–H groups in total. The van der Waals surface area contributed by atoms with Crippen LogP contribution in [0.2, 0.25) is 0 Å². The van der Waals surface area contributed by atoms with Gasteiger partial charge in [-0.1, -0.05) is 78.4 Å². The van der Waals surface area contributed by atoms with Gasteiger partial charge < -0.3 is 5.73 Å². The molecule has 1 aliphatic heterocycles. The number of sulfonamides is 1. The minimum atomic E-state index is -4.20. The molecule has 4 rings (SSSR count). The van der Waals surface area contributed by atoms with E-state index in [2.05, 4.69) is 6.07 Å². The number of hydrogen-bond donors (Lipinski definition) is 1. The predicted molar refractivity (Wildman–Crippen MR) is 121 cm³/mol. The molecule has 0 saturated carbocycles. The fourth-order valence-corrected chi connectivity index (χ4v) is 5.59. The van der Waals surface area contributed by atoms with Gasteiger partial charge in [0, 0.05) is 5.56 Å². The molecule has 0 fully saturated rings. The second-order valence-electron chi connectivity index (χ2n) is 7.59. The first-order chi connectivity index (χ1) is 15.4. The van der Waals surface area contributed by atoms with E-state index in [0.717, 1.165) is 9.87 Å². The monoisotopic (exact) mass is 443 g/mol. The molecule has 32 heavy (non-hydrogen) atoms. The lowest BCUT2D eigenvalue weighted by molar-refractivity contribution is 0.0910. The van der Waals surface area contributed by atoms with Crippen LogP contribution in [0, 0.1) is 18.3 Å². The molecule has 1 heterocycles. The van der Waals surface area contributed by atoms with Crippen molar-refractivity contribution in [2.75, 3.05) is 0 Å². The summed E-state index contributed by atoms with van der Waals surface area (Å²) >= 11 is 0. The fourth-order valence-electron chi connectivity index (χ4n) is 3.99. The molecule has 0 spiro atoms. The highest BCUT2D eigenvalue weighted by atomic mass is 32.2. The van der Waals surface area contributed by atoms with Gasteiger partial charge in [0.2, 0.25) is 0 Å². The number of hydrogen-bond acceptors (Lipinski definition) is 5. The Labute approximate surface area is 187 Å². The maximum Gasteiger partial charge on any atom is 0.266 e. The molecule has 2 unspecified atom stereocenters. The number of benzene rings is 3. The summed E-state index contributed by atoms with van der Waals surface area (Å²) in [5.41, 5.74) is 8.32. The molecule has 2 atom stereocenters. The van der Waals surface area contributed by atoms with Crippen LogP contribution in [-0.4, -0.2) is 24.5 Å². The van der Waals surface area contributed by atoms with Crippen LogP contribution in [0.4, 0.5) is 0 Å². The molecule has 0 amide bonds. The Bertz CT molecular complexity index is 1330. The number of ketones is 1. The molecule has 160 valence electrons. The van der Waals surface area contributed by atoms with Crippen molar-refractivity contribution in [1.29, 1.82) is 5.26 Å². The van der Waals surface area contributed by atoms with Crippen LogP contribution >= 0.6 is 0 Å². The van der Waals surface area contributed by atoms with Crippen LogP contribution in [0.15, 0.2) is 101 Å². The molecule has 3 aromatic rings. The standard InChI is InChI=1S/C25H21N3O3S/c1-17-12-14-18(15-13-17)22-21(16-26)25(27)28(32(30,31)20-10-6-3-7-11-20)23(22)24(29)19-8-4-2-5-9-19/h2-15,22-23H,27H2,1H3. The average molecular weight is 444 g/mol. The Morgan fingerprint density at radius 2 is 1.50 bits per heavy atom. The average Bonchev–Trinajstić information content (AvgIpc) is 3.13. The lowest BCUT2D eigenvalue weighted by Gasteiger charge is -2.29. The third kappa shape index (κ3) is 3.55. The van der Waals surface area contributed by atoms with Crippen molar-refractivity contribution < 1.29 is 13.2 Å². The number of nitriles is 1. The van der Waals surface area contributed by atoms with Gasteiger partial charge >= 0.3 is 0 Å². The summed E-state index contributed by atoms with van der Waals surface area (Å²) in [5.74, 6) is -1.48. The van der Waals surface area contributed by atoms with E-state index < -0.39 is 27.8 Å². The van der Waals surface area contributed by atoms with Gasteiger partial charge in [-0.25, -0.2) is 12.7 Å². The van der Waals surface area contributed by atoms with Crippen molar-refractivity contribution in [3.8, 4) is 6.07 Å². The Hall–Kier alpha value is -3.89. The maximum atomic E-state index is 13.7. The number of carbonyl (C=O) groups excluding carboxylic acids is 1. The number of nitrogens with zero attached hydrogens (tertiary/aromatic N) is 2. The van der Waals surface area contributed by atoms with Crippen molar-refractivity contribution in [1.82, 2.24) is 4.31 Å². The van der Waals surface area contributed by atoms with E-state index in [1.807, 2.05) is 19.1 Å². The summed E-state index contributed by atoms with van der Waals surface area (Å²) < 4.78 is 28.2. The molecule has 0 aliphatic carbocycles. The van der Waals surface area contributed by atoms with Gasteiger partial charge in [0.1, 0.15) is 11.9 Å². The molecule has 1 aliphatic rings. The van der Waals surface area contributed by atoms with Gasteiger partial charge in [0.15, 0.2) is 5.78 Å². The van der Waals surface area contributed by atoms with E-state index in [-0.39, 0.29) is 16.3 Å². The first kappa shape index (κ1) is 21.3. The summed E-state index contributed by atoms with van der Waals surface area (Å²) in [6.45, 7) is 1.92. The zero-order chi connectivity index (χ0) is 22.9. The van der Waals surface area contributed by atoms with E-state index in [1.54, 1.807) is 60.7 Å². The highest BCUT2D eigenvalue weighted by Crippen LogP contribution is 2.43. The maximum absolute atomic E-state index is 13.7. The van der Waals surface area contributed by atoms with Crippen molar-refractivity contribution in [3.63, 3.8) is 0 Å². The summed E-state index contributed by atoms with van der Waals surface area (Å²) in [6, 6.07) is 24.4. The molecule has 0 bridgehead atoms. The van der Waals surface area contributed by atoms with Crippen molar-refractivity contribution in [2.45, 2.75) is 23.8 Å². The zero-order valence-corrected chi connectivity index (χ0v) is 18.2. The van der Waals surface area contributed by atoms with Gasteiger partial charge in [0.25, 0.3) is 10.0 Å². The van der Waals surface area contributed by atoms with Crippen LogP contribution in [0.1, 0.15) is 27.4 Å². The molecular formula is C25H21N3O3S. The van der Waals surface area contributed by atoms with E-state index in [9.17, 15) is 18.5 Å². The van der Waals surface area contributed by atoms with Crippen LogP contribution in [-0.2, 0) is 10.0 Å². The van der Waals surface area contributed by atoms with Gasteiger partial charge in [-0.2, -0.15) is 5.26 Å². The second kappa shape index (κ2) is 8.33. The topological polar surface area (TPSA) is 104 Å². The first-order valence-electron chi connectivity index (χ1n) is 10.0. The van der Waals surface area contributed by atoms with Gasteiger partial charge in [-0.05, 0) is 24.6 Å². The summed E-state index contributed by atoms with van der Waals surface area (Å²) in [7, 11) is -4.20. The SMILES string of the molecule is Cc1ccc(C2C(C#N)=C(N)N(S(=O)(=O)c3ccccc3)C2C(=O)c2ccccc2)cc1. The molecule has 0 radical (unpaired) electrons. The highest BCUT2D eigenvalue weighted by Gasteiger charge is 2.50. The first-order valence-corrected chi connectivity index (χ1v) is 11.5. The van der Waals surface area contributed by atoms with Gasteiger partial charge in [-0.15, -0.1) is 0 Å². The zero-order valence-electron chi connectivity index (χ0n) is 17.3. The molecular weight excluding hydrogens is 422 g/mol. The lowest BCUT2D eigenvalue weighted by Crippen LogP contribution is -2.45. The summed E-state index contributed by atoms with van der Waals surface area (Å²) in [4.78, 5) is 13.7. The van der Waals surface area contributed by atoms with Crippen LogP contribution in [0.5, 0.6) is 0 Å². The van der Waals surface area contributed by atoms with Crippen LogP contribution in [0.25, 0.3) is 0 Å². The summed E-state index contributed by atoms with van der Waals surface area (Å²) in [6.07, 6.45) is 0. The summed E-state index contributed by atoms with van der Waals surface area (Å²) in [5, 5.41) is 9.93. The number of carbonyl (C=O) groups is 1. The largest absolute Gasteiger partial charge is 0.384 e. The van der Waals surface area contributed by atoms with Gasteiger partial charge in [-0.3, -0.25) is 4.79 Å². The Morgan fingerprint density at radius 1 is 0.938 bits per heavy atom. The third-order valence-electron chi connectivity index (χ3n) is 5.58. The van der Waals surface area contributed by atoms with E-state index >= 15 is 0 Å². The second-order valence-corrected chi connectivity index (χ2v) is 9.40. The normalized spacial score (nSPS) is 18.4. The van der Waals surface area contributed by atoms with Crippen molar-refractivity contribution in [2.24, 2.45) is 5.73 Å². The van der Waals surface area contributed by atoms with Crippen molar-refractivity contribution in [3.05, 3.63) is 113 Å². The number of aryl methyl sites for hydroxylation is 1. The quantitative estimate of drug-likeness (QED) is 0.605. The number of rotatable bonds is 5. The molecule has 0 aromatic heterocycles. The van der Waals surface area contributed by atoms with Crippen LogP contribution < -0.4 is 5.73 Å².